The summed E-state index contributed by atoms with van der Waals surface area (Å²) in [6, 6.07) is 12.9. The van der Waals surface area contributed by atoms with Gasteiger partial charge in [-0.2, -0.15) is 0 Å². The summed E-state index contributed by atoms with van der Waals surface area (Å²) in [6.07, 6.45) is 3.84. The Bertz CT molecular complexity index is 401. The van der Waals surface area contributed by atoms with Crippen LogP contribution in [0.15, 0.2) is 30.3 Å². The fraction of sp³-hybridized carbons (Fsp3) is 0.684. The van der Waals surface area contributed by atoms with Crippen LogP contribution in [0.1, 0.15) is 58.6 Å². The van der Waals surface area contributed by atoms with E-state index >= 15 is 0 Å². The molecule has 118 valence electrons. The van der Waals surface area contributed by atoms with Gasteiger partial charge in [0.05, 0.1) is 0 Å². The summed E-state index contributed by atoms with van der Waals surface area (Å²) in [5.74, 6) is 0.698. The van der Waals surface area contributed by atoms with Gasteiger partial charge in [0.15, 0.2) is 0 Å². The lowest BCUT2D eigenvalue weighted by molar-refractivity contribution is 0.0619. The van der Waals surface area contributed by atoms with Crippen LogP contribution in [0.3, 0.4) is 0 Å². The number of nitrogens with zero attached hydrogens (tertiary/aromatic N) is 1. The minimum Gasteiger partial charge on any atom is -0.311 e. The summed E-state index contributed by atoms with van der Waals surface area (Å²) in [7, 11) is 0. The molecule has 0 aliphatic carbocycles. The molecule has 0 bridgehead atoms. The summed E-state index contributed by atoms with van der Waals surface area (Å²) in [5.41, 5.74) is 1.46. The van der Waals surface area contributed by atoms with Gasteiger partial charge >= 0.3 is 0 Å². The number of nitrogens with one attached hydrogen (secondary N) is 1. The van der Waals surface area contributed by atoms with Gasteiger partial charge in [-0.1, -0.05) is 64.4 Å². The lowest BCUT2D eigenvalue weighted by Crippen LogP contribution is -2.57. The van der Waals surface area contributed by atoms with Gasteiger partial charge < -0.3 is 5.32 Å². The Balaban J connectivity index is 2.21. The molecule has 1 N–H and O–H groups in total. The second-order valence-electron chi connectivity index (χ2n) is 6.73. The van der Waals surface area contributed by atoms with Gasteiger partial charge in [-0.3, -0.25) is 4.90 Å². The average molecular weight is 288 g/mol. The van der Waals surface area contributed by atoms with Crippen LogP contribution in [0, 0.1) is 5.92 Å². The summed E-state index contributed by atoms with van der Waals surface area (Å²) in [6.45, 7) is 11.6. The molecule has 1 heterocycles. The van der Waals surface area contributed by atoms with E-state index in [0.717, 1.165) is 6.54 Å². The highest BCUT2D eigenvalue weighted by Gasteiger charge is 2.33. The maximum absolute atomic E-state index is 3.78. The smallest absolute Gasteiger partial charge is 0.0476 e. The first-order valence-electron chi connectivity index (χ1n) is 8.71. The number of hydrogen-bond donors (Lipinski definition) is 1. The lowest BCUT2D eigenvalue weighted by Gasteiger charge is -2.46. The predicted molar refractivity (Wildman–Crippen MR) is 91.5 cm³/mol. The zero-order valence-electron chi connectivity index (χ0n) is 14.2. The molecule has 2 rings (SSSR count). The normalized spacial score (nSPS) is 25.2. The van der Waals surface area contributed by atoms with Crippen LogP contribution < -0.4 is 5.32 Å². The maximum atomic E-state index is 3.78. The minimum absolute atomic E-state index is 0.526. The fourth-order valence-corrected chi connectivity index (χ4v) is 3.57. The Hall–Kier alpha value is -0.860. The summed E-state index contributed by atoms with van der Waals surface area (Å²) >= 11 is 0. The van der Waals surface area contributed by atoms with E-state index in [1.54, 1.807) is 0 Å². The van der Waals surface area contributed by atoms with E-state index in [4.69, 9.17) is 0 Å². The summed E-state index contributed by atoms with van der Waals surface area (Å²) in [4.78, 5) is 2.78. The van der Waals surface area contributed by atoms with Crippen molar-refractivity contribution in [2.24, 2.45) is 5.92 Å². The number of piperazine rings is 1. The van der Waals surface area contributed by atoms with E-state index in [1.807, 2.05) is 0 Å². The van der Waals surface area contributed by atoms with Crippen molar-refractivity contribution in [3.8, 4) is 0 Å². The molecule has 1 aliphatic heterocycles. The van der Waals surface area contributed by atoms with Crippen LogP contribution >= 0.6 is 0 Å². The maximum Gasteiger partial charge on any atom is 0.0476 e. The molecule has 1 fully saturated rings. The van der Waals surface area contributed by atoms with Crippen molar-refractivity contribution >= 4 is 0 Å². The van der Waals surface area contributed by atoms with Crippen molar-refractivity contribution in [1.82, 2.24) is 10.2 Å². The molecule has 21 heavy (non-hydrogen) atoms. The first-order chi connectivity index (χ1) is 10.2. The van der Waals surface area contributed by atoms with Crippen LogP contribution in [-0.2, 0) is 0 Å². The minimum atomic E-state index is 0.526. The topological polar surface area (TPSA) is 15.3 Å². The number of benzene rings is 1. The SMILES string of the molecule is CCCC(CC)N1CC(C(C)C)NCC1c1ccccc1. The molecule has 0 amide bonds. The van der Waals surface area contributed by atoms with Crippen molar-refractivity contribution in [3.05, 3.63) is 35.9 Å². The summed E-state index contributed by atoms with van der Waals surface area (Å²) in [5, 5.41) is 3.78. The quantitative estimate of drug-likeness (QED) is 0.842. The molecule has 1 aromatic carbocycles. The van der Waals surface area contributed by atoms with Gasteiger partial charge in [0.1, 0.15) is 0 Å². The van der Waals surface area contributed by atoms with E-state index in [1.165, 1.54) is 31.4 Å². The van der Waals surface area contributed by atoms with Gasteiger partial charge in [0.25, 0.3) is 0 Å². The fourth-order valence-electron chi connectivity index (χ4n) is 3.57. The standard InChI is InChI=1S/C19H32N2/c1-5-10-17(6-2)21-14-18(15(3)4)20-13-19(21)16-11-8-7-9-12-16/h7-9,11-12,15,17-20H,5-6,10,13-14H2,1-4H3. The zero-order valence-corrected chi connectivity index (χ0v) is 14.2. The first kappa shape index (κ1) is 16.5. The van der Waals surface area contributed by atoms with Crippen molar-refractivity contribution in [1.29, 1.82) is 0 Å². The van der Waals surface area contributed by atoms with Crippen LogP contribution in [0.5, 0.6) is 0 Å². The second kappa shape index (κ2) is 7.95. The van der Waals surface area contributed by atoms with Crippen molar-refractivity contribution < 1.29 is 0 Å². The monoisotopic (exact) mass is 288 g/mol. The molecule has 3 atom stereocenters. The first-order valence-corrected chi connectivity index (χ1v) is 8.71. The Morgan fingerprint density at radius 3 is 2.48 bits per heavy atom. The number of hydrogen-bond acceptors (Lipinski definition) is 2. The molecular weight excluding hydrogens is 256 g/mol. The third kappa shape index (κ3) is 4.08. The van der Waals surface area contributed by atoms with Crippen LogP contribution in [0.2, 0.25) is 0 Å². The van der Waals surface area contributed by atoms with E-state index in [0.29, 0.717) is 24.0 Å². The average Bonchev–Trinajstić information content (AvgIpc) is 2.53. The van der Waals surface area contributed by atoms with E-state index in [-0.39, 0.29) is 0 Å². The van der Waals surface area contributed by atoms with E-state index in [2.05, 4.69) is 68.2 Å². The number of rotatable bonds is 6. The Labute approximate surface area is 130 Å². The molecule has 3 unspecified atom stereocenters. The van der Waals surface area contributed by atoms with Crippen LogP contribution in [-0.4, -0.2) is 30.1 Å². The lowest BCUT2D eigenvalue weighted by atomic mass is 9.92. The van der Waals surface area contributed by atoms with Gasteiger partial charge in [-0.05, 0) is 24.3 Å². The van der Waals surface area contributed by atoms with E-state index < -0.39 is 0 Å². The molecule has 1 aromatic rings. The zero-order chi connectivity index (χ0) is 15.2. The molecule has 0 radical (unpaired) electrons. The Kier molecular flexibility index (Phi) is 6.25. The molecule has 2 nitrogen and oxygen atoms in total. The highest BCUT2D eigenvalue weighted by molar-refractivity contribution is 5.20. The Morgan fingerprint density at radius 2 is 1.90 bits per heavy atom. The molecule has 2 heteroatoms. The molecule has 0 aromatic heterocycles. The molecule has 1 saturated heterocycles. The van der Waals surface area contributed by atoms with E-state index in [9.17, 15) is 0 Å². The predicted octanol–water partition coefficient (Wildman–Crippen LogP) is 4.24. The third-order valence-corrected chi connectivity index (χ3v) is 4.93. The third-order valence-electron chi connectivity index (χ3n) is 4.93. The van der Waals surface area contributed by atoms with Crippen molar-refractivity contribution in [2.45, 2.75) is 65.1 Å². The molecule has 1 aliphatic rings. The van der Waals surface area contributed by atoms with Crippen molar-refractivity contribution in [3.63, 3.8) is 0 Å². The van der Waals surface area contributed by atoms with Gasteiger partial charge in [0, 0.05) is 31.2 Å². The molecule has 0 saturated carbocycles. The molecule has 0 spiro atoms. The van der Waals surface area contributed by atoms with Gasteiger partial charge in [0.2, 0.25) is 0 Å². The summed E-state index contributed by atoms with van der Waals surface area (Å²) < 4.78 is 0. The second-order valence-corrected chi connectivity index (χ2v) is 6.73. The largest absolute Gasteiger partial charge is 0.311 e. The van der Waals surface area contributed by atoms with Gasteiger partial charge in [-0.25, -0.2) is 0 Å². The molecular formula is C19H32N2. The highest BCUT2D eigenvalue weighted by atomic mass is 15.3. The Morgan fingerprint density at radius 1 is 1.19 bits per heavy atom. The van der Waals surface area contributed by atoms with Crippen LogP contribution in [0.4, 0.5) is 0 Å². The van der Waals surface area contributed by atoms with Gasteiger partial charge in [-0.15, -0.1) is 0 Å². The van der Waals surface area contributed by atoms with Crippen LogP contribution in [0.25, 0.3) is 0 Å². The van der Waals surface area contributed by atoms with Crippen molar-refractivity contribution in [2.75, 3.05) is 13.1 Å². The highest BCUT2D eigenvalue weighted by Crippen LogP contribution is 2.29.